The quantitative estimate of drug-likeness (QED) is 0.695. The van der Waals surface area contributed by atoms with Gasteiger partial charge in [-0.05, 0) is 42.7 Å². The lowest BCUT2D eigenvalue weighted by Crippen LogP contribution is -2.08. The van der Waals surface area contributed by atoms with Gasteiger partial charge in [-0.2, -0.15) is 0 Å². The van der Waals surface area contributed by atoms with Crippen LogP contribution in [0.25, 0.3) is 11.2 Å². The van der Waals surface area contributed by atoms with Gasteiger partial charge in [-0.15, -0.1) is 11.6 Å². The van der Waals surface area contributed by atoms with E-state index < -0.39 is 0 Å². The van der Waals surface area contributed by atoms with Crippen LogP contribution >= 0.6 is 11.6 Å². The van der Waals surface area contributed by atoms with E-state index in [2.05, 4.69) is 28.4 Å². The molecule has 5 heteroatoms. The lowest BCUT2D eigenvalue weighted by molar-refractivity contribution is 0.743. The summed E-state index contributed by atoms with van der Waals surface area (Å²) in [6.45, 7) is 4.87. The van der Waals surface area contributed by atoms with Crippen LogP contribution in [0.15, 0.2) is 30.7 Å². The number of alkyl halides is 1. The highest BCUT2D eigenvalue weighted by Crippen LogP contribution is 2.20. The Morgan fingerprint density at radius 3 is 2.76 bits per heavy atom. The minimum absolute atomic E-state index is 0.553. The molecule has 108 valence electrons. The molecule has 3 heterocycles. The predicted octanol–water partition coefficient (Wildman–Crippen LogP) is 3.27. The first-order chi connectivity index (χ1) is 10.2. The molecule has 3 rings (SSSR count). The van der Waals surface area contributed by atoms with Crippen molar-refractivity contribution in [2.45, 2.75) is 26.8 Å². The summed E-state index contributed by atoms with van der Waals surface area (Å²) >= 11 is 5.93. The zero-order valence-corrected chi connectivity index (χ0v) is 12.9. The van der Waals surface area contributed by atoms with Crippen LogP contribution in [0.5, 0.6) is 0 Å². The number of hydrogen-bond acceptors (Lipinski definition) is 3. The van der Waals surface area contributed by atoms with Crippen molar-refractivity contribution in [2.24, 2.45) is 0 Å². The molecule has 0 atom stereocenters. The van der Waals surface area contributed by atoms with Gasteiger partial charge < -0.3 is 4.57 Å². The van der Waals surface area contributed by atoms with E-state index in [-0.39, 0.29) is 0 Å². The molecule has 0 radical (unpaired) electrons. The molecule has 0 fully saturated rings. The first kappa shape index (κ1) is 14.0. The number of fused-ring (bicyclic) bond motifs is 1. The molecule has 0 aliphatic heterocycles. The highest BCUT2D eigenvalue weighted by Gasteiger charge is 2.14. The Labute approximate surface area is 128 Å². The van der Waals surface area contributed by atoms with Crippen molar-refractivity contribution in [3.05, 3.63) is 53.2 Å². The number of aryl methyl sites for hydroxylation is 3. The molecule has 0 saturated carbocycles. The molecule has 0 unspecified atom stereocenters. The van der Waals surface area contributed by atoms with E-state index in [1.807, 2.05) is 30.7 Å². The van der Waals surface area contributed by atoms with E-state index in [0.717, 1.165) is 35.5 Å². The van der Waals surface area contributed by atoms with Crippen LogP contribution in [0.1, 0.15) is 22.5 Å². The van der Waals surface area contributed by atoms with Gasteiger partial charge in [-0.25, -0.2) is 9.97 Å². The topological polar surface area (TPSA) is 43.6 Å². The van der Waals surface area contributed by atoms with Gasteiger partial charge in [0.1, 0.15) is 11.3 Å². The minimum atomic E-state index is 0.553. The maximum Gasteiger partial charge on any atom is 0.160 e. The fourth-order valence-electron chi connectivity index (χ4n) is 2.47. The van der Waals surface area contributed by atoms with E-state index in [1.165, 1.54) is 11.1 Å². The van der Waals surface area contributed by atoms with Gasteiger partial charge >= 0.3 is 0 Å². The lowest BCUT2D eigenvalue weighted by Gasteiger charge is -2.10. The molecular formula is C16H17ClN4. The minimum Gasteiger partial charge on any atom is -0.308 e. The van der Waals surface area contributed by atoms with Crippen molar-refractivity contribution in [1.29, 1.82) is 0 Å². The summed E-state index contributed by atoms with van der Waals surface area (Å²) in [7, 11) is 0. The highest BCUT2D eigenvalue weighted by atomic mass is 35.5. The fraction of sp³-hybridized carbons (Fsp3) is 0.312. The molecule has 0 aromatic carbocycles. The molecule has 0 saturated heterocycles. The van der Waals surface area contributed by atoms with Gasteiger partial charge in [0.15, 0.2) is 5.65 Å². The second-order valence-corrected chi connectivity index (χ2v) is 5.53. The molecular weight excluding hydrogens is 284 g/mol. The second kappa shape index (κ2) is 5.82. The molecule has 0 aliphatic carbocycles. The van der Waals surface area contributed by atoms with Crippen LogP contribution in [0.3, 0.4) is 0 Å². The van der Waals surface area contributed by atoms with Crippen molar-refractivity contribution >= 4 is 22.8 Å². The largest absolute Gasteiger partial charge is 0.308 e. The van der Waals surface area contributed by atoms with Gasteiger partial charge in [0.2, 0.25) is 0 Å². The monoisotopic (exact) mass is 300 g/mol. The summed E-state index contributed by atoms with van der Waals surface area (Å²) in [5.41, 5.74) is 5.42. The normalized spacial score (nSPS) is 11.2. The number of imidazole rings is 1. The standard InChI is InChI=1S/C16H17ClN4/c1-11-4-8-19-16-15(11)20-14(3-6-17)21(16)10-13-5-7-18-9-12(13)2/h4-5,7-9H,3,6,10H2,1-2H3. The summed E-state index contributed by atoms with van der Waals surface area (Å²) in [6, 6.07) is 4.03. The summed E-state index contributed by atoms with van der Waals surface area (Å²) < 4.78 is 2.16. The molecule has 4 nitrogen and oxygen atoms in total. The van der Waals surface area contributed by atoms with Crippen molar-refractivity contribution < 1.29 is 0 Å². The van der Waals surface area contributed by atoms with Gasteiger partial charge in [0.05, 0.1) is 6.54 Å². The van der Waals surface area contributed by atoms with Crippen molar-refractivity contribution in [3.63, 3.8) is 0 Å². The average Bonchev–Trinajstić information content (AvgIpc) is 2.82. The fourth-order valence-corrected chi connectivity index (χ4v) is 2.64. The Bertz CT molecular complexity index is 779. The van der Waals surface area contributed by atoms with E-state index >= 15 is 0 Å². The summed E-state index contributed by atoms with van der Waals surface area (Å²) in [6.07, 6.45) is 6.27. The van der Waals surface area contributed by atoms with Crippen LogP contribution in [-0.4, -0.2) is 25.4 Å². The predicted molar refractivity (Wildman–Crippen MR) is 84.8 cm³/mol. The Kier molecular flexibility index (Phi) is 3.88. The van der Waals surface area contributed by atoms with Crippen LogP contribution in [0, 0.1) is 13.8 Å². The molecule has 21 heavy (non-hydrogen) atoms. The third-order valence-electron chi connectivity index (χ3n) is 3.70. The maximum atomic E-state index is 5.93. The van der Waals surface area contributed by atoms with Crippen LogP contribution in [0.4, 0.5) is 0 Å². The molecule has 0 aliphatic rings. The van der Waals surface area contributed by atoms with Gasteiger partial charge in [0.25, 0.3) is 0 Å². The average molecular weight is 301 g/mol. The maximum absolute atomic E-state index is 5.93. The molecule has 3 aromatic rings. The second-order valence-electron chi connectivity index (χ2n) is 5.16. The third-order valence-corrected chi connectivity index (χ3v) is 3.89. The van der Waals surface area contributed by atoms with E-state index in [0.29, 0.717) is 5.88 Å². The van der Waals surface area contributed by atoms with Crippen LogP contribution in [-0.2, 0) is 13.0 Å². The highest BCUT2D eigenvalue weighted by molar-refractivity contribution is 6.17. The number of hydrogen-bond donors (Lipinski definition) is 0. The lowest BCUT2D eigenvalue weighted by atomic mass is 10.1. The van der Waals surface area contributed by atoms with E-state index in [9.17, 15) is 0 Å². The van der Waals surface area contributed by atoms with Gasteiger partial charge in [0, 0.05) is 30.9 Å². The van der Waals surface area contributed by atoms with E-state index in [4.69, 9.17) is 16.6 Å². The Hall–Kier alpha value is -1.94. The molecule has 0 bridgehead atoms. The Morgan fingerprint density at radius 2 is 2.00 bits per heavy atom. The molecule has 0 amide bonds. The van der Waals surface area contributed by atoms with Crippen molar-refractivity contribution in [1.82, 2.24) is 19.5 Å². The zero-order chi connectivity index (χ0) is 14.8. The first-order valence-corrected chi connectivity index (χ1v) is 7.50. The molecule has 0 spiro atoms. The molecule has 0 N–H and O–H groups in total. The zero-order valence-electron chi connectivity index (χ0n) is 12.2. The van der Waals surface area contributed by atoms with Crippen molar-refractivity contribution in [3.8, 4) is 0 Å². The van der Waals surface area contributed by atoms with E-state index in [1.54, 1.807) is 0 Å². The number of rotatable bonds is 4. The summed E-state index contributed by atoms with van der Waals surface area (Å²) in [5, 5.41) is 0. The number of pyridine rings is 2. The summed E-state index contributed by atoms with van der Waals surface area (Å²) in [5.74, 6) is 1.54. The number of halogens is 1. The smallest absolute Gasteiger partial charge is 0.160 e. The third kappa shape index (κ3) is 2.63. The van der Waals surface area contributed by atoms with Gasteiger partial charge in [-0.3, -0.25) is 4.98 Å². The van der Waals surface area contributed by atoms with Crippen LogP contribution in [0.2, 0.25) is 0 Å². The Morgan fingerprint density at radius 1 is 1.14 bits per heavy atom. The summed E-state index contributed by atoms with van der Waals surface area (Å²) in [4.78, 5) is 13.4. The molecule has 3 aromatic heterocycles. The number of nitrogens with zero attached hydrogens (tertiary/aromatic N) is 4. The van der Waals surface area contributed by atoms with Crippen LogP contribution < -0.4 is 0 Å². The van der Waals surface area contributed by atoms with Gasteiger partial charge in [-0.1, -0.05) is 0 Å². The first-order valence-electron chi connectivity index (χ1n) is 6.97. The SMILES string of the molecule is Cc1cnccc1Cn1c(CCCl)nc2c(C)ccnc21. The number of aromatic nitrogens is 4. The van der Waals surface area contributed by atoms with Crippen molar-refractivity contribution in [2.75, 3.05) is 5.88 Å². The Balaban J connectivity index is 2.13.